The van der Waals surface area contributed by atoms with E-state index in [-0.39, 0.29) is 6.54 Å². The van der Waals surface area contributed by atoms with Crippen molar-refractivity contribution in [3.63, 3.8) is 0 Å². The molecule has 6 nitrogen and oxygen atoms in total. The average molecular weight is 380 g/mol. The Morgan fingerprint density at radius 1 is 1.24 bits per heavy atom. The van der Waals surface area contributed by atoms with Crippen LogP contribution >= 0.6 is 11.6 Å². The van der Waals surface area contributed by atoms with Crippen LogP contribution in [0.15, 0.2) is 53.6 Å². The Morgan fingerprint density at radius 3 is 2.52 bits per heavy atom. The lowest BCUT2D eigenvalue weighted by Gasteiger charge is -2.21. The highest BCUT2D eigenvalue weighted by molar-refractivity contribution is 7.92. The second-order valence-corrected chi connectivity index (χ2v) is 7.80. The molecule has 2 rings (SSSR count). The van der Waals surface area contributed by atoms with E-state index in [1.54, 1.807) is 48.5 Å². The molecule has 2 aromatic rings. The van der Waals surface area contributed by atoms with E-state index in [2.05, 4.69) is 10.5 Å². The number of sulfonamides is 1. The topological polar surface area (TPSA) is 78.8 Å². The van der Waals surface area contributed by atoms with Crippen LogP contribution in [0, 0.1) is 6.92 Å². The van der Waals surface area contributed by atoms with Crippen molar-refractivity contribution in [3.05, 3.63) is 64.7 Å². The summed E-state index contributed by atoms with van der Waals surface area (Å²) < 4.78 is 25.0. The first-order valence-electron chi connectivity index (χ1n) is 7.37. The predicted octanol–water partition coefficient (Wildman–Crippen LogP) is 2.56. The summed E-state index contributed by atoms with van der Waals surface area (Å²) >= 11 is 5.86. The second-order valence-electron chi connectivity index (χ2n) is 5.45. The summed E-state index contributed by atoms with van der Waals surface area (Å²) in [5.74, 6) is -0.552. The molecule has 1 N–H and O–H groups in total. The highest BCUT2D eigenvalue weighted by atomic mass is 35.5. The zero-order valence-electron chi connectivity index (χ0n) is 13.8. The van der Waals surface area contributed by atoms with Crippen LogP contribution in [-0.4, -0.2) is 33.3 Å². The number of carbonyl (C=O) groups is 1. The molecule has 0 aromatic heterocycles. The van der Waals surface area contributed by atoms with E-state index in [1.807, 2.05) is 6.92 Å². The lowest BCUT2D eigenvalue weighted by Crippen LogP contribution is -2.39. The zero-order valence-corrected chi connectivity index (χ0v) is 15.4. The molecular formula is C17H18ClN3O3S. The fourth-order valence-electron chi connectivity index (χ4n) is 2.04. The van der Waals surface area contributed by atoms with E-state index >= 15 is 0 Å². The van der Waals surface area contributed by atoms with Crippen molar-refractivity contribution in [3.8, 4) is 0 Å². The van der Waals surface area contributed by atoms with Gasteiger partial charge < -0.3 is 0 Å². The fourth-order valence-corrected chi connectivity index (χ4v) is 3.10. The highest BCUT2D eigenvalue weighted by Crippen LogP contribution is 2.17. The SMILES string of the molecule is Cc1ccc(N(CC(=O)N/N=C\c2cccc(Cl)c2)S(C)(=O)=O)cc1. The molecule has 25 heavy (non-hydrogen) atoms. The number of nitrogens with one attached hydrogen (secondary N) is 1. The lowest BCUT2D eigenvalue weighted by atomic mass is 10.2. The largest absolute Gasteiger partial charge is 0.271 e. The van der Waals surface area contributed by atoms with Crippen LogP contribution in [0.1, 0.15) is 11.1 Å². The number of aryl methyl sites for hydroxylation is 1. The number of amides is 1. The molecule has 132 valence electrons. The number of carbonyl (C=O) groups excluding carboxylic acids is 1. The smallest absolute Gasteiger partial charge is 0.260 e. The van der Waals surface area contributed by atoms with Crippen LogP contribution in [-0.2, 0) is 14.8 Å². The van der Waals surface area contributed by atoms with Crippen molar-refractivity contribution < 1.29 is 13.2 Å². The minimum absolute atomic E-state index is 0.366. The Bertz CT molecular complexity index is 880. The summed E-state index contributed by atoms with van der Waals surface area (Å²) in [7, 11) is -3.61. The van der Waals surface area contributed by atoms with Crippen LogP contribution in [0.4, 0.5) is 5.69 Å². The quantitative estimate of drug-likeness (QED) is 0.618. The number of hydrazone groups is 1. The molecule has 0 aliphatic rings. The molecule has 0 unspecified atom stereocenters. The van der Waals surface area contributed by atoms with Crippen molar-refractivity contribution in [1.29, 1.82) is 0 Å². The standard InChI is InChI=1S/C17H18ClN3O3S/c1-13-6-8-16(9-7-13)21(25(2,23)24)12-17(22)20-19-11-14-4-3-5-15(18)10-14/h3-11H,12H2,1-2H3,(H,20,22)/b19-11-. The van der Waals surface area contributed by atoms with Gasteiger partial charge in [0.15, 0.2) is 0 Å². The third-order valence-electron chi connectivity index (χ3n) is 3.26. The number of anilines is 1. The summed E-state index contributed by atoms with van der Waals surface area (Å²) in [6.45, 7) is 1.53. The Labute approximate surface area is 152 Å². The number of nitrogens with zero attached hydrogens (tertiary/aromatic N) is 2. The van der Waals surface area contributed by atoms with E-state index in [9.17, 15) is 13.2 Å². The van der Waals surface area contributed by atoms with Crippen LogP contribution in [0.25, 0.3) is 0 Å². The number of rotatable bonds is 6. The van der Waals surface area contributed by atoms with Gasteiger partial charge in [0.2, 0.25) is 10.0 Å². The third-order valence-corrected chi connectivity index (χ3v) is 4.64. The first-order chi connectivity index (χ1) is 11.8. The molecule has 0 fully saturated rings. The van der Waals surface area contributed by atoms with Gasteiger partial charge in [-0.25, -0.2) is 13.8 Å². The highest BCUT2D eigenvalue weighted by Gasteiger charge is 2.20. The van der Waals surface area contributed by atoms with Crippen LogP contribution in [0.5, 0.6) is 0 Å². The van der Waals surface area contributed by atoms with Crippen molar-refractivity contribution in [2.75, 3.05) is 17.1 Å². The number of hydrogen-bond donors (Lipinski definition) is 1. The summed E-state index contributed by atoms with van der Waals surface area (Å²) in [6, 6.07) is 13.8. The molecule has 0 spiro atoms. The molecule has 2 aromatic carbocycles. The minimum atomic E-state index is -3.61. The van der Waals surface area contributed by atoms with Gasteiger partial charge in [0.1, 0.15) is 6.54 Å². The Hall–Kier alpha value is -2.38. The maximum atomic E-state index is 12.0. The van der Waals surface area contributed by atoms with E-state index in [1.165, 1.54) is 6.21 Å². The second kappa shape index (κ2) is 8.13. The van der Waals surface area contributed by atoms with Gasteiger partial charge in [-0.3, -0.25) is 9.10 Å². The number of hydrogen-bond acceptors (Lipinski definition) is 4. The Morgan fingerprint density at radius 2 is 1.92 bits per heavy atom. The molecule has 1 amide bonds. The third kappa shape index (κ3) is 5.88. The Kier molecular flexibility index (Phi) is 6.17. The van der Waals surface area contributed by atoms with Gasteiger partial charge in [-0.1, -0.05) is 41.4 Å². The van der Waals surface area contributed by atoms with Crippen molar-refractivity contribution in [2.45, 2.75) is 6.92 Å². The van der Waals surface area contributed by atoms with Crippen molar-refractivity contribution in [2.24, 2.45) is 5.10 Å². The summed E-state index contributed by atoms with van der Waals surface area (Å²) in [5.41, 5.74) is 4.44. The van der Waals surface area contributed by atoms with E-state index in [0.717, 1.165) is 16.1 Å². The van der Waals surface area contributed by atoms with Gasteiger partial charge in [0.25, 0.3) is 5.91 Å². The predicted molar refractivity (Wildman–Crippen MR) is 101 cm³/mol. The molecule has 0 aliphatic heterocycles. The Balaban J connectivity index is 2.06. The maximum Gasteiger partial charge on any atom is 0.260 e. The van der Waals surface area contributed by atoms with Crippen LogP contribution in [0.3, 0.4) is 0 Å². The van der Waals surface area contributed by atoms with E-state index in [0.29, 0.717) is 16.3 Å². The summed E-state index contributed by atoms with van der Waals surface area (Å²) in [4.78, 5) is 12.0. The van der Waals surface area contributed by atoms with Crippen LogP contribution < -0.4 is 9.73 Å². The van der Waals surface area contributed by atoms with Crippen LogP contribution in [0.2, 0.25) is 5.02 Å². The van der Waals surface area contributed by atoms with Crippen molar-refractivity contribution >= 4 is 39.4 Å². The molecular weight excluding hydrogens is 362 g/mol. The van der Waals surface area contributed by atoms with E-state index in [4.69, 9.17) is 11.6 Å². The fraction of sp³-hybridized carbons (Fsp3) is 0.176. The van der Waals surface area contributed by atoms with Gasteiger partial charge in [0, 0.05) is 5.02 Å². The summed E-state index contributed by atoms with van der Waals surface area (Å²) in [5, 5.41) is 4.37. The molecule has 0 bridgehead atoms. The van der Waals surface area contributed by atoms with Gasteiger partial charge in [-0.05, 0) is 36.8 Å². The van der Waals surface area contributed by atoms with Gasteiger partial charge in [-0.15, -0.1) is 0 Å². The monoisotopic (exact) mass is 379 g/mol. The van der Waals surface area contributed by atoms with E-state index < -0.39 is 15.9 Å². The number of benzene rings is 2. The molecule has 0 saturated heterocycles. The number of halogens is 1. The summed E-state index contributed by atoms with van der Waals surface area (Å²) in [6.07, 6.45) is 2.48. The molecule has 0 saturated carbocycles. The molecule has 0 aliphatic carbocycles. The zero-order chi connectivity index (χ0) is 18.4. The van der Waals surface area contributed by atoms with Crippen molar-refractivity contribution in [1.82, 2.24) is 5.43 Å². The molecule has 0 radical (unpaired) electrons. The van der Waals surface area contributed by atoms with Gasteiger partial charge in [-0.2, -0.15) is 5.10 Å². The van der Waals surface area contributed by atoms with Gasteiger partial charge in [0.05, 0.1) is 18.2 Å². The molecule has 0 atom stereocenters. The minimum Gasteiger partial charge on any atom is -0.271 e. The normalized spacial score (nSPS) is 11.5. The lowest BCUT2D eigenvalue weighted by molar-refractivity contribution is -0.119. The average Bonchev–Trinajstić information content (AvgIpc) is 2.53. The first-order valence-corrected chi connectivity index (χ1v) is 9.60. The van der Waals surface area contributed by atoms with Gasteiger partial charge >= 0.3 is 0 Å². The molecule has 8 heteroatoms. The maximum absolute atomic E-state index is 12.0. The first kappa shape index (κ1) is 19.0. The molecule has 0 heterocycles.